The van der Waals surface area contributed by atoms with Crippen LogP contribution in [-0.4, -0.2) is 37.1 Å². The van der Waals surface area contributed by atoms with Crippen molar-refractivity contribution in [2.24, 2.45) is 0 Å². The smallest absolute Gasteiger partial charge is 0.321 e. The molecular formula is C18H18N4O3. The molecule has 0 saturated carbocycles. The van der Waals surface area contributed by atoms with Crippen LogP contribution in [-0.2, 0) is 24.3 Å². The van der Waals surface area contributed by atoms with E-state index in [9.17, 15) is 9.90 Å². The lowest BCUT2D eigenvalue weighted by molar-refractivity contribution is -0.144. The van der Waals surface area contributed by atoms with Crippen molar-refractivity contribution >= 4 is 5.97 Å². The molecule has 1 aliphatic heterocycles. The first-order chi connectivity index (χ1) is 12.1. The SMILES string of the molecule is Cc1ccc(-c2cc(CN3Cc4[nH]cnc4C[C@@H]3C(=O)O)on2)cc1. The molecule has 4 rings (SSSR count). The van der Waals surface area contributed by atoms with Crippen LogP contribution >= 0.6 is 0 Å². The summed E-state index contributed by atoms with van der Waals surface area (Å²) in [5.41, 5.74) is 4.68. The Hall–Kier alpha value is -2.93. The van der Waals surface area contributed by atoms with Crippen LogP contribution in [0.15, 0.2) is 41.2 Å². The quantitative estimate of drug-likeness (QED) is 0.758. The van der Waals surface area contributed by atoms with E-state index >= 15 is 0 Å². The lowest BCUT2D eigenvalue weighted by Crippen LogP contribution is -2.45. The molecule has 1 aromatic carbocycles. The number of hydrogen-bond acceptors (Lipinski definition) is 5. The topological polar surface area (TPSA) is 95.2 Å². The number of aryl methyl sites for hydroxylation is 1. The van der Waals surface area contributed by atoms with E-state index in [-0.39, 0.29) is 0 Å². The third-order valence-electron chi connectivity index (χ3n) is 4.55. The number of fused-ring (bicyclic) bond motifs is 1. The van der Waals surface area contributed by atoms with Crippen LogP contribution in [0.5, 0.6) is 0 Å². The highest BCUT2D eigenvalue weighted by molar-refractivity contribution is 5.74. The minimum atomic E-state index is -0.855. The van der Waals surface area contributed by atoms with Crippen LogP contribution in [0.4, 0.5) is 0 Å². The number of benzene rings is 1. The van der Waals surface area contributed by atoms with Gasteiger partial charge in [-0.25, -0.2) is 4.98 Å². The second-order valence-corrected chi connectivity index (χ2v) is 6.34. The number of carboxylic acids is 1. The zero-order valence-electron chi connectivity index (χ0n) is 13.8. The van der Waals surface area contributed by atoms with E-state index < -0.39 is 12.0 Å². The fourth-order valence-electron chi connectivity index (χ4n) is 3.15. The molecule has 0 bridgehead atoms. The molecule has 2 aromatic heterocycles. The highest BCUT2D eigenvalue weighted by atomic mass is 16.5. The third-order valence-corrected chi connectivity index (χ3v) is 4.55. The van der Waals surface area contributed by atoms with Crippen molar-refractivity contribution < 1.29 is 14.4 Å². The number of carboxylic acid groups (broad SMARTS) is 1. The fraction of sp³-hybridized carbons (Fsp3) is 0.278. The summed E-state index contributed by atoms with van der Waals surface area (Å²) in [4.78, 5) is 20.8. The van der Waals surface area contributed by atoms with Gasteiger partial charge in [0.25, 0.3) is 0 Å². The molecule has 0 fully saturated rings. The highest BCUT2D eigenvalue weighted by Crippen LogP contribution is 2.25. The van der Waals surface area contributed by atoms with Crippen molar-refractivity contribution in [3.05, 3.63) is 59.4 Å². The summed E-state index contributed by atoms with van der Waals surface area (Å²) < 4.78 is 5.44. The number of hydrogen-bond donors (Lipinski definition) is 2. The maximum absolute atomic E-state index is 11.6. The van der Waals surface area contributed by atoms with Gasteiger partial charge < -0.3 is 14.6 Å². The standard InChI is InChI=1S/C18H18N4O3/c1-11-2-4-12(5-3-11)14-6-13(25-21-14)8-22-9-16-15(19-10-20-16)7-17(22)18(23)24/h2-6,10,17H,7-9H2,1H3,(H,19,20)(H,23,24)/t17-/m1/s1. The molecule has 0 saturated heterocycles. The van der Waals surface area contributed by atoms with Gasteiger partial charge >= 0.3 is 5.97 Å². The van der Waals surface area contributed by atoms with Gasteiger partial charge in [0, 0.05) is 24.6 Å². The van der Waals surface area contributed by atoms with Gasteiger partial charge in [-0.15, -0.1) is 0 Å². The van der Waals surface area contributed by atoms with E-state index in [1.54, 1.807) is 6.33 Å². The summed E-state index contributed by atoms with van der Waals surface area (Å²) in [6.07, 6.45) is 1.99. The first-order valence-electron chi connectivity index (χ1n) is 8.11. The molecule has 2 N–H and O–H groups in total. The van der Waals surface area contributed by atoms with Gasteiger partial charge in [0.2, 0.25) is 0 Å². The molecule has 0 spiro atoms. The van der Waals surface area contributed by atoms with Gasteiger partial charge in [0.1, 0.15) is 11.7 Å². The summed E-state index contributed by atoms with van der Waals surface area (Å²) in [5.74, 6) is -0.211. The van der Waals surface area contributed by atoms with Crippen LogP contribution in [0.1, 0.15) is 22.7 Å². The molecule has 0 aliphatic carbocycles. The molecule has 1 aliphatic rings. The van der Waals surface area contributed by atoms with Crippen molar-refractivity contribution in [2.45, 2.75) is 32.5 Å². The number of aromatic amines is 1. The Balaban J connectivity index is 1.55. The molecule has 3 aromatic rings. The summed E-state index contributed by atoms with van der Waals surface area (Å²) in [5, 5.41) is 13.6. The molecule has 0 amide bonds. The van der Waals surface area contributed by atoms with Crippen molar-refractivity contribution in [3.8, 4) is 11.3 Å². The van der Waals surface area contributed by atoms with E-state index in [4.69, 9.17) is 4.52 Å². The van der Waals surface area contributed by atoms with Crippen LogP contribution in [0.2, 0.25) is 0 Å². The second kappa shape index (κ2) is 6.18. The number of nitrogens with zero attached hydrogens (tertiary/aromatic N) is 3. The van der Waals surface area contributed by atoms with E-state index in [1.165, 1.54) is 5.56 Å². The van der Waals surface area contributed by atoms with Gasteiger partial charge in [-0.1, -0.05) is 35.0 Å². The molecule has 3 heterocycles. The van der Waals surface area contributed by atoms with Crippen LogP contribution in [0, 0.1) is 6.92 Å². The zero-order valence-corrected chi connectivity index (χ0v) is 13.8. The minimum absolute atomic E-state index is 0.382. The van der Waals surface area contributed by atoms with Gasteiger partial charge in [-0.3, -0.25) is 9.69 Å². The number of aromatic nitrogens is 3. The Kier molecular flexibility index (Phi) is 3.85. The van der Waals surface area contributed by atoms with Gasteiger partial charge in [0.15, 0.2) is 5.76 Å². The van der Waals surface area contributed by atoms with Gasteiger partial charge in [-0.2, -0.15) is 0 Å². The van der Waals surface area contributed by atoms with E-state index in [2.05, 4.69) is 15.1 Å². The summed E-state index contributed by atoms with van der Waals surface area (Å²) in [7, 11) is 0. The van der Waals surface area contributed by atoms with Crippen LogP contribution in [0.25, 0.3) is 11.3 Å². The molecule has 0 radical (unpaired) electrons. The summed E-state index contributed by atoms with van der Waals surface area (Å²) in [6, 6.07) is 9.28. The predicted octanol–water partition coefficient (Wildman–Crippen LogP) is 2.38. The minimum Gasteiger partial charge on any atom is -0.480 e. The fourth-order valence-corrected chi connectivity index (χ4v) is 3.15. The van der Waals surface area contributed by atoms with Gasteiger partial charge in [-0.05, 0) is 6.92 Å². The van der Waals surface area contributed by atoms with Crippen LogP contribution < -0.4 is 0 Å². The first-order valence-corrected chi connectivity index (χ1v) is 8.11. The number of rotatable bonds is 4. The largest absolute Gasteiger partial charge is 0.480 e. The van der Waals surface area contributed by atoms with Gasteiger partial charge in [0.05, 0.1) is 24.3 Å². The highest BCUT2D eigenvalue weighted by Gasteiger charge is 2.33. The average Bonchev–Trinajstić information content (AvgIpc) is 3.23. The maximum Gasteiger partial charge on any atom is 0.321 e. The van der Waals surface area contributed by atoms with Crippen molar-refractivity contribution in [2.75, 3.05) is 0 Å². The lowest BCUT2D eigenvalue weighted by atomic mass is 10.0. The van der Waals surface area contributed by atoms with Crippen molar-refractivity contribution in [1.29, 1.82) is 0 Å². The number of imidazole rings is 1. The molecule has 7 heteroatoms. The Morgan fingerprint density at radius 3 is 2.96 bits per heavy atom. The Morgan fingerprint density at radius 1 is 1.40 bits per heavy atom. The lowest BCUT2D eigenvalue weighted by Gasteiger charge is -2.31. The van der Waals surface area contributed by atoms with Crippen LogP contribution in [0.3, 0.4) is 0 Å². The normalized spacial score (nSPS) is 17.4. The first kappa shape index (κ1) is 15.6. The zero-order chi connectivity index (χ0) is 17.4. The van der Waals surface area contributed by atoms with Crippen molar-refractivity contribution in [3.63, 3.8) is 0 Å². The molecule has 7 nitrogen and oxygen atoms in total. The summed E-state index contributed by atoms with van der Waals surface area (Å²) in [6.45, 7) is 2.91. The number of aliphatic carboxylic acids is 1. The Labute approximate surface area is 144 Å². The monoisotopic (exact) mass is 338 g/mol. The number of H-pyrrole nitrogens is 1. The molecule has 128 valence electrons. The maximum atomic E-state index is 11.6. The Morgan fingerprint density at radius 2 is 2.20 bits per heavy atom. The Bertz CT molecular complexity index is 897. The summed E-state index contributed by atoms with van der Waals surface area (Å²) >= 11 is 0. The number of nitrogens with one attached hydrogen (secondary N) is 1. The predicted molar refractivity (Wildman–Crippen MR) is 89.6 cm³/mol. The molecule has 0 unspecified atom stereocenters. The molecule has 1 atom stereocenters. The number of carbonyl (C=O) groups is 1. The van der Waals surface area contributed by atoms with E-state index in [0.29, 0.717) is 25.3 Å². The van der Waals surface area contributed by atoms with E-state index in [1.807, 2.05) is 42.2 Å². The van der Waals surface area contributed by atoms with Crippen molar-refractivity contribution in [1.82, 2.24) is 20.0 Å². The van der Waals surface area contributed by atoms with E-state index in [0.717, 1.165) is 22.6 Å². The third kappa shape index (κ3) is 3.06. The second-order valence-electron chi connectivity index (χ2n) is 6.34. The molecular weight excluding hydrogens is 320 g/mol. The average molecular weight is 338 g/mol. The molecule has 25 heavy (non-hydrogen) atoms.